The molecule has 2 aromatic rings. The second-order valence-electron chi connectivity index (χ2n) is 7.19. The number of rotatable bonds is 5. The van der Waals surface area contributed by atoms with Gasteiger partial charge in [0.2, 0.25) is 0 Å². The van der Waals surface area contributed by atoms with Crippen LogP contribution in [-0.4, -0.2) is 25.9 Å². The van der Waals surface area contributed by atoms with Crippen LogP contribution in [0.5, 0.6) is 5.75 Å². The minimum absolute atomic E-state index is 0.0627. The van der Waals surface area contributed by atoms with Gasteiger partial charge in [-0.3, -0.25) is 0 Å². The van der Waals surface area contributed by atoms with Crippen LogP contribution in [0.15, 0.2) is 35.5 Å². The van der Waals surface area contributed by atoms with Crippen LogP contribution in [0.2, 0.25) is 0 Å². The lowest BCUT2D eigenvalue weighted by Crippen LogP contribution is -2.36. The molecule has 6 nitrogen and oxygen atoms in total. The van der Waals surface area contributed by atoms with Crippen LogP contribution in [0.4, 0.5) is 32.0 Å². The fourth-order valence-electron chi connectivity index (χ4n) is 3.37. The third-order valence-electron chi connectivity index (χ3n) is 4.96. The molecule has 2 bridgehead atoms. The molecule has 178 valence electrons. The number of halogens is 6. The molecule has 33 heavy (non-hydrogen) atoms. The molecule has 0 aliphatic carbocycles. The maximum atomic E-state index is 13.3. The number of alkyl halides is 6. The maximum Gasteiger partial charge on any atom is 0.416 e. The Bertz CT molecular complexity index is 1080. The number of carbonyl (C=O) groups is 1. The van der Waals surface area contributed by atoms with Crippen LogP contribution in [0.3, 0.4) is 0 Å². The van der Waals surface area contributed by atoms with Crippen LogP contribution in [0.25, 0.3) is 0 Å². The van der Waals surface area contributed by atoms with Gasteiger partial charge in [0.1, 0.15) is 7.11 Å². The summed E-state index contributed by atoms with van der Waals surface area (Å²) in [5.41, 5.74) is -2.31. The highest BCUT2D eigenvalue weighted by atomic mass is 19.4. The minimum atomic E-state index is -4.98. The van der Waals surface area contributed by atoms with Gasteiger partial charge in [0.15, 0.2) is 11.5 Å². The number of nitrogens with zero attached hydrogens (tertiary/aromatic N) is 2. The van der Waals surface area contributed by atoms with Gasteiger partial charge in [0.05, 0.1) is 35.5 Å². The smallest absolute Gasteiger partial charge is 0.416 e. The second kappa shape index (κ2) is 8.49. The van der Waals surface area contributed by atoms with Gasteiger partial charge in [-0.15, -0.1) is 0 Å². The highest BCUT2D eigenvalue weighted by Gasteiger charge is 2.39. The van der Waals surface area contributed by atoms with Gasteiger partial charge >= 0.3 is 18.3 Å². The Balaban J connectivity index is 2.08. The van der Waals surface area contributed by atoms with E-state index in [9.17, 15) is 31.1 Å². The third kappa shape index (κ3) is 4.69. The summed E-state index contributed by atoms with van der Waals surface area (Å²) < 4.78 is 84.2. The van der Waals surface area contributed by atoms with Gasteiger partial charge in [0, 0.05) is 0 Å². The number of fused-ring (bicyclic) bond motifs is 3. The van der Waals surface area contributed by atoms with Crippen molar-refractivity contribution in [3.05, 3.63) is 58.1 Å². The minimum Gasteiger partial charge on any atom is -0.464 e. The number of carbonyl (C=O) groups excluding carboxylic acids is 1. The zero-order chi connectivity index (χ0) is 24.7. The number of hydroxylamine groups is 1. The molecule has 0 saturated carbocycles. The van der Waals surface area contributed by atoms with E-state index in [1.807, 2.05) is 0 Å². The summed E-state index contributed by atoms with van der Waals surface area (Å²) in [4.78, 5) is 22.5. The number of oxime groups is 1. The number of anilines is 1. The van der Waals surface area contributed by atoms with Crippen molar-refractivity contribution in [2.75, 3.05) is 19.3 Å². The standard InChI is InChI=1S/C21H18F6N2O4/c1-10-5-15-9-16(17(28-32-4)19(30)31-3)18(10)33-29(15)11(2)12-6-13(20(22,23)24)8-14(7-12)21(25,26)27/h5-9,11H,1-4H3. The first kappa shape index (κ1) is 24.2. The Labute approximate surface area is 184 Å². The fourth-order valence-corrected chi connectivity index (χ4v) is 3.37. The molecule has 0 aromatic heterocycles. The predicted molar refractivity (Wildman–Crippen MR) is 105 cm³/mol. The molecule has 2 heterocycles. The Morgan fingerprint density at radius 1 is 1.00 bits per heavy atom. The van der Waals surface area contributed by atoms with Crippen molar-refractivity contribution in [1.29, 1.82) is 0 Å². The van der Waals surface area contributed by atoms with Crippen LogP contribution in [-0.2, 0) is 26.7 Å². The van der Waals surface area contributed by atoms with Crippen molar-refractivity contribution in [1.82, 2.24) is 0 Å². The average molecular weight is 476 g/mol. The van der Waals surface area contributed by atoms with Crippen molar-refractivity contribution in [3.8, 4) is 5.75 Å². The van der Waals surface area contributed by atoms with E-state index in [-0.39, 0.29) is 34.3 Å². The Hall–Kier alpha value is -3.44. The van der Waals surface area contributed by atoms with Crippen molar-refractivity contribution in [2.45, 2.75) is 32.2 Å². The summed E-state index contributed by atoms with van der Waals surface area (Å²) in [7, 11) is 2.35. The molecule has 1 unspecified atom stereocenters. The molecular formula is C21H18F6N2O4. The van der Waals surface area contributed by atoms with Gasteiger partial charge in [-0.25, -0.2) is 9.86 Å². The first-order valence-corrected chi connectivity index (χ1v) is 9.39. The topological polar surface area (TPSA) is 60.4 Å². The van der Waals surface area contributed by atoms with Crippen LogP contribution >= 0.6 is 0 Å². The number of hydrogen-bond acceptors (Lipinski definition) is 6. The number of hydrogen-bond donors (Lipinski definition) is 0. The van der Waals surface area contributed by atoms with E-state index in [2.05, 4.69) is 14.7 Å². The molecule has 0 N–H and O–H groups in total. The fraction of sp³-hybridized carbons (Fsp3) is 0.333. The Morgan fingerprint density at radius 3 is 2.03 bits per heavy atom. The summed E-state index contributed by atoms with van der Waals surface area (Å²) in [5.74, 6) is -0.700. The maximum absolute atomic E-state index is 13.3. The van der Waals surface area contributed by atoms with E-state index in [0.29, 0.717) is 17.7 Å². The molecule has 0 radical (unpaired) electrons. The van der Waals surface area contributed by atoms with E-state index >= 15 is 0 Å². The molecule has 2 aliphatic rings. The molecular weight excluding hydrogens is 458 g/mol. The Morgan fingerprint density at radius 2 is 1.58 bits per heavy atom. The van der Waals surface area contributed by atoms with Gasteiger partial charge in [0.25, 0.3) is 0 Å². The van der Waals surface area contributed by atoms with E-state index < -0.39 is 35.5 Å². The quantitative estimate of drug-likeness (QED) is 0.249. The van der Waals surface area contributed by atoms with Gasteiger partial charge in [-0.1, -0.05) is 5.16 Å². The number of aryl methyl sites for hydroxylation is 1. The highest BCUT2D eigenvalue weighted by Crippen LogP contribution is 2.43. The molecule has 2 aliphatic heterocycles. The number of ether oxygens (including phenoxy) is 1. The number of esters is 1. The van der Waals surface area contributed by atoms with Crippen molar-refractivity contribution >= 4 is 17.4 Å². The van der Waals surface area contributed by atoms with Crippen LogP contribution in [0.1, 0.15) is 40.8 Å². The summed E-state index contributed by atoms with van der Waals surface area (Å²) in [6.07, 6.45) is -9.95. The van der Waals surface area contributed by atoms with E-state index in [1.54, 1.807) is 13.0 Å². The lowest BCUT2D eigenvalue weighted by atomic mass is 9.98. The number of methoxy groups -OCH3 is 1. The summed E-state index contributed by atoms with van der Waals surface area (Å²) in [6.45, 7) is 3.04. The lowest BCUT2D eigenvalue weighted by molar-refractivity contribution is -0.143. The van der Waals surface area contributed by atoms with E-state index in [0.717, 1.165) is 12.2 Å². The molecule has 1 atom stereocenters. The largest absolute Gasteiger partial charge is 0.464 e. The predicted octanol–water partition coefficient (Wildman–Crippen LogP) is 5.43. The first-order chi connectivity index (χ1) is 15.3. The molecule has 0 fully saturated rings. The van der Waals surface area contributed by atoms with Crippen molar-refractivity contribution in [3.63, 3.8) is 0 Å². The zero-order valence-corrected chi connectivity index (χ0v) is 17.8. The number of benzene rings is 2. The monoisotopic (exact) mass is 476 g/mol. The molecule has 2 aromatic carbocycles. The van der Waals surface area contributed by atoms with E-state index in [4.69, 9.17) is 4.84 Å². The molecule has 0 spiro atoms. The summed E-state index contributed by atoms with van der Waals surface area (Å²) in [6, 6.07) is 3.36. The van der Waals surface area contributed by atoms with Gasteiger partial charge in [-0.2, -0.15) is 26.3 Å². The first-order valence-electron chi connectivity index (χ1n) is 9.39. The van der Waals surface area contributed by atoms with Gasteiger partial charge in [-0.05, 0) is 55.3 Å². The molecule has 4 rings (SSSR count). The van der Waals surface area contributed by atoms with Crippen molar-refractivity contribution < 1.29 is 45.5 Å². The normalized spacial score (nSPS) is 14.7. The highest BCUT2D eigenvalue weighted by molar-refractivity contribution is 6.44. The lowest BCUT2D eigenvalue weighted by Gasteiger charge is -2.37. The SMILES string of the molecule is CON=C(C(=O)OC)c1cc2cc(C)c1ON2C(C)c1cc(C(F)(F)F)cc(C(F)(F)F)c1. The molecule has 0 amide bonds. The van der Waals surface area contributed by atoms with E-state index in [1.165, 1.54) is 20.1 Å². The second-order valence-corrected chi connectivity index (χ2v) is 7.19. The zero-order valence-electron chi connectivity index (χ0n) is 17.8. The average Bonchev–Trinajstić information content (AvgIpc) is 2.74. The Kier molecular flexibility index (Phi) is 6.22. The molecule has 12 heteroatoms. The summed E-state index contributed by atoms with van der Waals surface area (Å²) >= 11 is 0. The van der Waals surface area contributed by atoms with Gasteiger partial charge < -0.3 is 14.4 Å². The van der Waals surface area contributed by atoms with Crippen LogP contribution in [0, 0.1) is 6.92 Å². The van der Waals surface area contributed by atoms with Crippen LogP contribution < -0.4 is 9.90 Å². The van der Waals surface area contributed by atoms with Crippen molar-refractivity contribution in [2.24, 2.45) is 5.16 Å². The molecule has 0 saturated heterocycles. The third-order valence-corrected chi connectivity index (χ3v) is 4.96. The summed E-state index contributed by atoms with van der Waals surface area (Å²) in [5, 5.41) is 4.80.